The van der Waals surface area contributed by atoms with Crippen molar-refractivity contribution in [1.29, 1.82) is 0 Å². The highest BCUT2D eigenvalue weighted by molar-refractivity contribution is 7.99. The Bertz CT molecular complexity index is 473. The standard InChI is InChI=1S/C12H13NO3S/c1-3-16-12(15)7-5-4-6-8-9(7)10(17-2)11(14)13-8/h4-6,10H,3H2,1-2H3,(H,13,14). The molecule has 1 aromatic rings. The molecule has 4 nitrogen and oxygen atoms in total. The van der Waals surface area contributed by atoms with E-state index in [9.17, 15) is 9.59 Å². The number of hydrogen-bond acceptors (Lipinski definition) is 4. The zero-order chi connectivity index (χ0) is 12.4. The fraction of sp³-hybridized carbons (Fsp3) is 0.333. The minimum Gasteiger partial charge on any atom is -0.462 e. The molecule has 0 spiro atoms. The lowest BCUT2D eigenvalue weighted by atomic mass is 10.0. The molecule has 1 N–H and O–H groups in total. The predicted molar refractivity (Wildman–Crippen MR) is 67.3 cm³/mol. The Balaban J connectivity index is 2.47. The van der Waals surface area contributed by atoms with Crippen molar-refractivity contribution in [2.75, 3.05) is 18.2 Å². The first-order chi connectivity index (χ1) is 8.19. The fourth-order valence-electron chi connectivity index (χ4n) is 1.90. The molecular weight excluding hydrogens is 238 g/mol. The number of amides is 1. The average molecular weight is 251 g/mol. The maximum atomic E-state index is 11.8. The first kappa shape index (κ1) is 12.0. The lowest BCUT2D eigenvalue weighted by molar-refractivity contribution is -0.115. The van der Waals surface area contributed by atoms with Crippen molar-refractivity contribution in [3.8, 4) is 0 Å². The zero-order valence-corrected chi connectivity index (χ0v) is 10.5. The highest BCUT2D eigenvalue weighted by Crippen LogP contribution is 2.41. The number of thioether (sulfide) groups is 1. The lowest BCUT2D eigenvalue weighted by Gasteiger charge is -2.10. The lowest BCUT2D eigenvalue weighted by Crippen LogP contribution is -2.11. The van der Waals surface area contributed by atoms with E-state index in [0.717, 1.165) is 5.56 Å². The van der Waals surface area contributed by atoms with E-state index in [2.05, 4.69) is 5.32 Å². The molecule has 2 rings (SSSR count). The molecule has 5 heteroatoms. The summed E-state index contributed by atoms with van der Waals surface area (Å²) in [7, 11) is 0. The molecule has 90 valence electrons. The van der Waals surface area contributed by atoms with Crippen LogP contribution in [0, 0.1) is 0 Å². The van der Waals surface area contributed by atoms with E-state index in [4.69, 9.17) is 4.74 Å². The zero-order valence-electron chi connectivity index (χ0n) is 9.65. The molecular formula is C12H13NO3S. The van der Waals surface area contributed by atoms with E-state index in [1.54, 1.807) is 25.1 Å². The second-order valence-corrected chi connectivity index (χ2v) is 4.54. The van der Waals surface area contributed by atoms with Crippen molar-refractivity contribution in [2.45, 2.75) is 12.2 Å². The Morgan fingerprint density at radius 1 is 1.53 bits per heavy atom. The number of rotatable bonds is 3. The normalized spacial score (nSPS) is 17.5. The molecule has 0 aliphatic carbocycles. The summed E-state index contributed by atoms with van der Waals surface area (Å²) < 4.78 is 4.99. The van der Waals surface area contributed by atoms with Crippen molar-refractivity contribution in [3.63, 3.8) is 0 Å². The Morgan fingerprint density at radius 3 is 2.94 bits per heavy atom. The van der Waals surface area contributed by atoms with Crippen LogP contribution in [0.4, 0.5) is 5.69 Å². The molecule has 1 amide bonds. The number of carbonyl (C=O) groups is 2. The average Bonchev–Trinajstić information content (AvgIpc) is 2.64. The van der Waals surface area contributed by atoms with Gasteiger partial charge in [0.05, 0.1) is 12.2 Å². The monoisotopic (exact) mass is 251 g/mol. The van der Waals surface area contributed by atoms with Gasteiger partial charge in [0, 0.05) is 11.3 Å². The van der Waals surface area contributed by atoms with Gasteiger partial charge >= 0.3 is 5.97 Å². The number of esters is 1. The van der Waals surface area contributed by atoms with Gasteiger partial charge in [0.1, 0.15) is 5.25 Å². The highest BCUT2D eigenvalue weighted by atomic mass is 32.2. The first-order valence-electron chi connectivity index (χ1n) is 5.32. The van der Waals surface area contributed by atoms with Gasteiger partial charge in [-0.15, -0.1) is 11.8 Å². The number of nitrogens with one attached hydrogen (secondary N) is 1. The summed E-state index contributed by atoms with van der Waals surface area (Å²) in [5, 5.41) is 2.44. The van der Waals surface area contributed by atoms with Gasteiger partial charge in [0.2, 0.25) is 5.91 Å². The van der Waals surface area contributed by atoms with E-state index in [1.807, 2.05) is 6.26 Å². The summed E-state index contributed by atoms with van der Waals surface area (Å²) in [6.07, 6.45) is 1.85. The summed E-state index contributed by atoms with van der Waals surface area (Å²) in [5.41, 5.74) is 1.92. The van der Waals surface area contributed by atoms with Crippen LogP contribution in [0.5, 0.6) is 0 Å². The second kappa shape index (κ2) is 4.79. The predicted octanol–water partition coefficient (Wildman–Crippen LogP) is 2.22. The fourth-order valence-corrected chi connectivity index (χ4v) is 2.66. The molecule has 17 heavy (non-hydrogen) atoms. The van der Waals surface area contributed by atoms with Crippen molar-refractivity contribution in [2.24, 2.45) is 0 Å². The van der Waals surface area contributed by atoms with Crippen LogP contribution in [0.2, 0.25) is 0 Å². The van der Waals surface area contributed by atoms with Crippen LogP contribution in [0.3, 0.4) is 0 Å². The summed E-state index contributed by atoms with van der Waals surface area (Å²) in [6, 6.07) is 5.24. The minimum absolute atomic E-state index is 0.0794. The van der Waals surface area contributed by atoms with E-state index >= 15 is 0 Å². The molecule has 0 radical (unpaired) electrons. The number of hydrogen-bond donors (Lipinski definition) is 1. The van der Waals surface area contributed by atoms with Crippen LogP contribution < -0.4 is 5.32 Å². The quantitative estimate of drug-likeness (QED) is 0.837. The molecule has 1 unspecified atom stereocenters. The van der Waals surface area contributed by atoms with Gasteiger partial charge < -0.3 is 10.1 Å². The number of carbonyl (C=O) groups excluding carboxylic acids is 2. The molecule has 0 fully saturated rings. The minimum atomic E-state index is -0.375. The van der Waals surface area contributed by atoms with Crippen LogP contribution >= 0.6 is 11.8 Å². The highest BCUT2D eigenvalue weighted by Gasteiger charge is 2.34. The molecule has 1 aliphatic heterocycles. The maximum absolute atomic E-state index is 11.8. The molecule has 1 atom stereocenters. The molecule has 1 aromatic carbocycles. The third-order valence-electron chi connectivity index (χ3n) is 2.60. The van der Waals surface area contributed by atoms with Gasteiger partial charge in [-0.1, -0.05) is 6.07 Å². The van der Waals surface area contributed by atoms with Crippen LogP contribution in [0.15, 0.2) is 18.2 Å². The third kappa shape index (κ3) is 2.02. The van der Waals surface area contributed by atoms with Crippen molar-refractivity contribution < 1.29 is 14.3 Å². The van der Waals surface area contributed by atoms with Gasteiger partial charge in [-0.05, 0) is 25.3 Å². The smallest absolute Gasteiger partial charge is 0.338 e. The summed E-state index contributed by atoms with van der Waals surface area (Å²) in [6.45, 7) is 2.09. The van der Waals surface area contributed by atoms with E-state index in [1.165, 1.54) is 11.8 Å². The van der Waals surface area contributed by atoms with Crippen molar-refractivity contribution >= 4 is 29.3 Å². The van der Waals surface area contributed by atoms with Crippen molar-refractivity contribution in [3.05, 3.63) is 29.3 Å². The topological polar surface area (TPSA) is 55.4 Å². The molecule has 1 heterocycles. The van der Waals surface area contributed by atoms with Crippen molar-refractivity contribution in [1.82, 2.24) is 0 Å². The summed E-state index contributed by atoms with van der Waals surface area (Å²) >= 11 is 1.41. The Kier molecular flexibility index (Phi) is 3.38. The van der Waals surface area contributed by atoms with Crippen LogP contribution in [-0.4, -0.2) is 24.7 Å². The van der Waals surface area contributed by atoms with E-state index in [0.29, 0.717) is 17.9 Å². The van der Waals surface area contributed by atoms with Crippen LogP contribution in [0.1, 0.15) is 28.1 Å². The third-order valence-corrected chi connectivity index (χ3v) is 3.52. The largest absolute Gasteiger partial charge is 0.462 e. The summed E-state index contributed by atoms with van der Waals surface area (Å²) in [5.74, 6) is -0.454. The Morgan fingerprint density at radius 2 is 2.29 bits per heavy atom. The van der Waals surface area contributed by atoms with Gasteiger partial charge in [-0.3, -0.25) is 4.79 Å². The van der Waals surface area contributed by atoms with Gasteiger partial charge in [-0.2, -0.15) is 0 Å². The molecule has 0 aromatic heterocycles. The number of ether oxygens (including phenoxy) is 1. The number of anilines is 1. The maximum Gasteiger partial charge on any atom is 0.338 e. The Labute approximate surface area is 104 Å². The molecule has 1 aliphatic rings. The SMILES string of the molecule is CCOC(=O)c1cccc2c1C(SC)C(=O)N2. The number of benzene rings is 1. The van der Waals surface area contributed by atoms with Crippen LogP contribution in [-0.2, 0) is 9.53 Å². The van der Waals surface area contributed by atoms with Gasteiger partial charge in [-0.25, -0.2) is 4.79 Å². The van der Waals surface area contributed by atoms with Gasteiger partial charge in [0.25, 0.3) is 0 Å². The van der Waals surface area contributed by atoms with E-state index < -0.39 is 0 Å². The van der Waals surface area contributed by atoms with E-state index in [-0.39, 0.29) is 17.1 Å². The molecule has 0 saturated heterocycles. The first-order valence-corrected chi connectivity index (χ1v) is 6.61. The second-order valence-electron chi connectivity index (χ2n) is 3.59. The van der Waals surface area contributed by atoms with Gasteiger partial charge in [0.15, 0.2) is 0 Å². The summed E-state index contributed by atoms with van der Waals surface area (Å²) in [4.78, 5) is 23.5. The molecule has 0 bridgehead atoms. The van der Waals surface area contributed by atoms with Crippen LogP contribution in [0.25, 0.3) is 0 Å². The number of fused-ring (bicyclic) bond motifs is 1. The Hall–Kier alpha value is -1.49. The molecule has 0 saturated carbocycles.